The molecule has 0 unspecified atom stereocenters. The minimum absolute atomic E-state index is 0.101. The Morgan fingerprint density at radius 3 is 2.77 bits per heavy atom. The van der Waals surface area contributed by atoms with Gasteiger partial charge >= 0.3 is 0 Å². The molecule has 3 heteroatoms. The van der Waals surface area contributed by atoms with Gasteiger partial charge in [-0.3, -0.25) is 4.79 Å². The van der Waals surface area contributed by atoms with Gasteiger partial charge < -0.3 is 0 Å². The standard InChI is InChI=1S/C10H18N2O/c1-2-8-11-12-10(13)9-6-4-3-5-7-9/h8-9H,2-7H2,1H3,(H,12,13)/b11-8+. The fourth-order valence-electron chi connectivity index (χ4n) is 1.66. The third kappa shape index (κ3) is 3.57. The van der Waals surface area contributed by atoms with Gasteiger partial charge in [0.15, 0.2) is 0 Å². The summed E-state index contributed by atoms with van der Waals surface area (Å²) in [5.74, 6) is 0.312. The average Bonchev–Trinajstić information content (AvgIpc) is 2.19. The molecule has 0 aliphatic heterocycles. The van der Waals surface area contributed by atoms with E-state index in [4.69, 9.17) is 0 Å². The number of amides is 1. The van der Waals surface area contributed by atoms with E-state index in [1.54, 1.807) is 6.21 Å². The summed E-state index contributed by atoms with van der Waals surface area (Å²) in [6.45, 7) is 2.00. The predicted molar refractivity (Wildman–Crippen MR) is 53.5 cm³/mol. The van der Waals surface area contributed by atoms with Crippen LogP contribution in [0.1, 0.15) is 45.4 Å². The maximum atomic E-state index is 11.4. The monoisotopic (exact) mass is 182 g/mol. The van der Waals surface area contributed by atoms with Crippen LogP contribution >= 0.6 is 0 Å². The first kappa shape index (κ1) is 10.2. The van der Waals surface area contributed by atoms with Gasteiger partial charge in [-0.2, -0.15) is 5.10 Å². The lowest BCUT2D eigenvalue weighted by Crippen LogP contribution is -2.28. The summed E-state index contributed by atoms with van der Waals surface area (Å²) in [6.07, 6.45) is 8.32. The van der Waals surface area contributed by atoms with E-state index in [0.717, 1.165) is 19.3 Å². The molecular formula is C10H18N2O. The number of hydrazone groups is 1. The van der Waals surface area contributed by atoms with E-state index < -0.39 is 0 Å². The van der Waals surface area contributed by atoms with Crippen LogP contribution in [0, 0.1) is 5.92 Å². The molecule has 13 heavy (non-hydrogen) atoms. The summed E-state index contributed by atoms with van der Waals surface area (Å²) in [6, 6.07) is 0. The van der Waals surface area contributed by atoms with E-state index >= 15 is 0 Å². The van der Waals surface area contributed by atoms with Crippen LogP contribution < -0.4 is 5.43 Å². The van der Waals surface area contributed by atoms with Gasteiger partial charge in [-0.1, -0.05) is 26.2 Å². The number of rotatable bonds is 3. The van der Waals surface area contributed by atoms with Gasteiger partial charge in [0, 0.05) is 12.1 Å². The minimum atomic E-state index is 0.101. The first-order valence-electron chi connectivity index (χ1n) is 5.16. The molecule has 1 rings (SSSR count). The Morgan fingerprint density at radius 2 is 2.15 bits per heavy atom. The molecule has 0 atom stereocenters. The van der Waals surface area contributed by atoms with Crippen molar-refractivity contribution in [2.24, 2.45) is 11.0 Å². The second-order valence-corrected chi connectivity index (χ2v) is 3.53. The molecule has 0 radical (unpaired) electrons. The molecule has 0 aromatic heterocycles. The molecule has 1 amide bonds. The minimum Gasteiger partial charge on any atom is -0.273 e. The Hall–Kier alpha value is -0.860. The molecule has 3 nitrogen and oxygen atoms in total. The molecule has 0 saturated heterocycles. The fraction of sp³-hybridized carbons (Fsp3) is 0.800. The maximum absolute atomic E-state index is 11.4. The van der Waals surface area contributed by atoms with E-state index in [-0.39, 0.29) is 11.8 Å². The highest BCUT2D eigenvalue weighted by atomic mass is 16.2. The lowest BCUT2D eigenvalue weighted by Gasteiger charge is -2.19. The Balaban J connectivity index is 2.25. The number of hydrogen-bond acceptors (Lipinski definition) is 2. The van der Waals surface area contributed by atoms with Crippen molar-refractivity contribution >= 4 is 12.1 Å². The fourth-order valence-corrected chi connectivity index (χ4v) is 1.66. The molecular weight excluding hydrogens is 164 g/mol. The van der Waals surface area contributed by atoms with Crippen molar-refractivity contribution in [3.8, 4) is 0 Å². The summed E-state index contributed by atoms with van der Waals surface area (Å²) in [4.78, 5) is 11.4. The molecule has 0 heterocycles. The van der Waals surface area contributed by atoms with Gasteiger partial charge in [0.05, 0.1) is 0 Å². The van der Waals surface area contributed by atoms with Crippen LogP contribution in [0.2, 0.25) is 0 Å². The SMILES string of the molecule is CC/C=N/NC(=O)C1CCCCC1. The Labute approximate surface area is 79.6 Å². The highest BCUT2D eigenvalue weighted by Crippen LogP contribution is 2.23. The summed E-state index contributed by atoms with van der Waals surface area (Å²) >= 11 is 0. The zero-order valence-corrected chi connectivity index (χ0v) is 8.25. The molecule has 0 spiro atoms. The number of carbonyl (C=O) groups is 1. The third-order valence-electron chi connectivity index (χ3n) is 2.42. The zero-order valence-electron chi connectivity index (χ0n) is 8.25. The largest absolute Gasteiger partial charge is 0.273 e. The normalized spacial score (nSPS) is 19.2. The Morgan fingerprint density at radius 1 is 1.46 bits per heavy atom. The van der Waals surface area contributed by atoms with Gasteiger partial charge in [-0.25, -0.2) is 5.43 Å². The van der Waals surface area contributed by atoms with Crippen LogP contribution in [0.5, 0.6) is 0 Å². The summed E-state index contributed by atoms with van der Waals surface area (Å²) in [5, 5.41) is 3.84. The number of nitrogens with zero attached hydrogens (tertiary/aromatic N) is 1. The van der Waals surface area contributed by atoms with E-state index in [0.29, 0.717) is 0 Å². The van der Waals surface area contributed by atoms with Crippen molar-refractivity contribution in [3.63, 3.8) is 0 Å². The molecule has 1 N–H and O–H groups in total. The van der Waals surface area contributed by atoms with Gasteiger partial charge in [0.1, 0.15) is 0 Å². The lowest BCUT2D eigenvalue weighted by molar-refractivity contribution is -0.125. The van der Waals surface area contributed by atoms with Crippen LogP contribution in [0.15, 0.2) is 5.10 Å². The third-order valence-corrected chi connectivity index (χ3v) is 2.42. The number of hydrogen-bond donors (Lipinski definition) is 1. The van der Waals surface area contributed by atoms with Crippen molar-refractivity contribution in [2.45, 2.75) is 45.4 Å². The lowest BCUT2D eigenvalue weighted by atomic mass is 9.89. The summed E-state index contributed by atoms with van der Waals surface area (Å²) in [5.41, 5.74) is 2.58. The van der Waals surface area contributed by atoms with Crippen molar-refractivity contribution < 1.29 is 4.79 Å². The van der Waals surface area contributed by atoms with E-state index in [1.807, 2.05) is 6.92 Å². The highest BCUT2D eigenvalue weighted by molar-refractivity contribution is 5.79. The Kier molecular flexibility index (Phi) is 4.50. The topological polar surface area (TPSA) is 41.5 Å². The van der Waals surface area contributed by atoms with Crippen LogP contribution in [0.4, 0.5) is 0 Å². The summed E-state index contributed by atoms with van der Waals surface area (Å²) < 4.78 is 0. The van der Waals surface area contributed by atoms with Gasteiger partial charge in [0.2, 0.25) is 5.91 Å². The first-order valence-corrected chi connectivity index (χ1v) is 5.16. The van der Waals surface area contributed by atoms with E-state index in [1.165, 1.54) is 19.3 Å². The average molecular weight is 182 g/mol. The predicted octanol–water partition coefficient (Wildman–Crippen LogP) is 2.08. The van der Waals surface area contributed by atoms with E-state index in [9.17, 15) is 4.79 Å². The van der Waals surface area contributed by atoms with Crippen LogP contribution in [-0.4, -0.2) is 12.1 Å². The second-order valence-electron chi connectivity index (χ2n) is 3.53. The van der Waals surface area contributed by atoms with E-state index in [2.05, 4.69) is 10.5 Å². The van der Waals surface area contributed by atoms with Crippen molar-refractivity contribution in [2.75, 3.05) is 0 Å². The number of nitrogens with one attached hydrogen (secondary N) is 1. The maximum Gasteiger partial charge on any atom is 0.243 e. The first-order chi connectivity index (χ1) is 6.34. The molecule has 74 valence electrons. The molecule has 0 bridgehead atoms. The molecule has 1 aliphatic rings. The van der Waals surface area contributed by atoms with Crippen LogP contribution in [-0.2, 0) is 4.79 Å². The highest BCUT2D eigenvalue weighted by Gasteiger charge is 2.20. The zero-order chi connectivity index (χ0) is 9.52. The molecule has 0 aromatic rings. The van der Waals surface area contributed by atoms with Crippen molar-refractivity contribution in [1.29, 1.82) is 0 Å². The Bertz CT molecular complexity index is 183. The van der Waals surface area contributed by atoms with Crippen molar-refractivity contribution in [1.82, 2.24) is 5.43 Å². The molecule has 1 fully saturated rings. The molecule has 1 saturated carbocycles. The summed E-state index contributed by atoms with van der Waals surface area (Å²) in [7, 11) is 0. The van der Waals surface area contributed by atoms with Crippen LogP contribution in [0.25, 0.3) is 0 Å². The molecule has 0 aromatic carbocycles. The number of carbonyl (C=O) groups excluding carboxylic acids is 1. The smallest absolute Gasteiger partial charge is 0.243 e. The quantitative estimate of drug-likeness (QED) is 0.527. The van der Waals surface area contributed by atoms with Gasteiger partial charge in [-0.05, 0) is 19.3 Å². The molecule has 1 aliphatic carbocycles. The van der Waals surface area contributed by atoms with Crippen LogP contribution in [0.3, 0.4) is 0 Å². The van der Waals surface area contributed by atoms with Gasteiger partial charge in [-0.15, -0.1) is 0 Å². The van der Waals surface area contributed by atoms with Gasteiger partial charge in [0.25, 0.3) is 0 Å². The van der Waals surface area contributed by atoms with Crippen molar-refractivity contribution in [3.05, 3.63) is 0 Å². The second kappa shape index (κ2) is 5.73.